The number of piperazine rings is 1. The van der Waals surface area contributed by atoms with Crippen LogP contribution in [0.4, 0.5) is 16.2 Å². The molecular weight excluding hydrogens is 447 g/mol. The second kappa shape index (κ2) is 8.79. The fraction of sp³-hybridized carbons (Fsp3) is 0.240. The monoisotopic (exact) mass is 470 g/mol. The van der Waals surface area contributed by atoms with Crippen molar-refractivity contribution in [1.82, 2.24) is 29.7 Å². The number of aryl methyl sites for hydroxylation is 1. The van der Waals surface area contributed by atoms with Gasteiger partial charge in [-0.15, -0.1) is 0 Å². The fourth-order valence-corrected chi connectivity index (χ4v) is 4.36. The Balaban J connectivity index is 1.14. The van der Waals surface area contributed by atoms with E-state index in [-0.39, 0.29) is 5.82 Å². The summed E-state index contributed by atoms with van der Waals surface area (Å²) in [6, 6.07) is 10.5. The SMILES string of the molecule is Cc1cc(-c2cc3c(N4CCN(c5ncc(Cc6ccc(F)cc6)cn5)CC4)ncnn3c2)no1. The summed E-state index contributed by atoms with van der Waals surface area (Å²) < 4.78 is 20.2. The van der Waals surface area contributed by atoms with Crippen LogP contribution in [0.3, 0.4) is 0 Å². The number of aromatic nitrogens is 6. The van der Waals surface area contributed by atoms with Crippen LogP contribution in [0.1, 0.15) is 16.9 Å². The minimum Gasteiger partial charge on any atom is -0.361 e. The molecule has 1 saturated heterocycles. The van der Waals surface area contributed by atoms with Crippen molar-refractivity contribution in [1.29, 1.82) is 0 Å². The predicted octanol–water partition coefficient (Wildman–Crippen LogP) is 3.54. The van der Waals surface area contributed by atoms with Crippen molar-refractivity contribution in [3.05, 3.63) is 84.0 Å². The quantitative estimate of drug-likeness (QED) is 0.385. The van der Waals surface area contributed by atoms with Crippen LogP contribution in [0.5, 0.6) is 0 Å². The zero-order valence-corrected chi connectivity index (χ0v) is 19.2. The highest BCUT2D eigenvalue weighted by Crippen LogP contribution is 2.27. The van der Waals surface area contributed by atoms with E-state index < -0.39 is 0 Å². The molecule has 0 aliphatic carbocycles. The lowest BCUT2D eigenvalue weighted by Gasteiger charge is -2.35. The smallest absolute Gasteiger partial charge is 0.225 e. The molecular formula is C25H23FN8O. The number of hydrogen-bond donors (Lipinski definition) is 0. The summed E-state index contributed by atoms with van der Waals surface area (Å²) in [6.07, 6.45) is 7.88. The first-order valence-corrected chi connectivity index (χ1v) is 11.4. The van der Waals surface area contributed by atoms with Crippen molar-refractivity contribution >= 4 is 17.3 Å². The number of hydrogen-bond acceptors (Lipinski definition) is 8. The van der Waals surface area contributed by atoms with Crippen molar-refractivity contribution in [2.45, 2.75) is 13.3 Å². The highest BCUT2D eigenvalue weighted by Gasteiger charge is 2.22. The van der Waals surface area contributed by atoms with Crippen LogP contribution in [0, 0.1) is 12.7 Å². The molecule has 5 heterocycles. The molecule has 0 amide bonds. The van der Waals surface area contributed by atoms with Gasteiger partial charge in [-0.25, -0.2) is 23.9 Å². The van der Waals surface area contributed by atoms with Gasteiger partial charge in [-0.05, 0) is 36.2 Å². The van der Waals surface area contributed by atoms with Gasteiger partial charge >= 0.3 is 0 Å². The summed E-state index contributed by atoms with van der Waals surface area (Å²) in [5.74, 6) is 2.14. The van der Waals surface area contributed by atoms with E-state index in [2.05, 4.69) is 35.0 Å². The van der Waals surface area contributed by atoms with Gasteiger partial charge in [0, 0.05) is 62.8 Å². The maximum Gasteiger partial charge on any atom is 0.225 e. The highest BCUT2D eigenvalue weighted by atomic mass is 19.1. The first-order valence-electron chi connectivity index (χ1n) is 11.4. The largest absolute Gasteiger partial charge is 0.361 e. The molecule has 1 fully saturated rings. The second-order valence-electron chi connectivity index (χ2n) is 8.63. The molecule has 0 atom stereocenters. The van der Waals surface area contributed by atoms with Gasteiger partial charge in [-0.3, -0.25) is 0 Å². The molecule has 1 aliphatic rings. The molecule has 5 aromatic rings. The Hall–Kier alpha value is -4.34. The average molecular weight is 471 g/mol. The first-order chi connectivity index (χ1) is 17.1. The molecule has 0 spiro atoms. The molecule has 10 heteroatoms. The molecule has 0 N–H and O–H groups in total. The van der Waals surface area contributed by atoms with Crippen LogP contribution in [0.15, 0.2) is 65.8 Å². The third kappa shape index (κ3) is 4.30. The summed E-state index contributed by atoms with van der Waals surface area (Å²) in [6.45, 7) is 5.01. The van der Waals surface area contributed by atoms with Crippen molar-refractivity contribution in [3.63, 3.8) is 0 Å². The Morgan fingerprint density at radius 2 is 1.66 bits per heavy atom. The van der Waals surface area contributed by atoms with E-state index in [9.17, 15) is 4.39 Å². The molecule has 35 heavy (non-hydrogen) atoms. The highest BCUT2D eigenvalue weighted by molar-refractivity contribution is 5.76. The number of anilines is 2. The molecule has 0 bridgehead atoms. The van der Waals surface area contributed by atoms with Crippen LogP contribution >= 0.6 is 0 Å². The molecule has 0 radical (unpaired) electrons. The van der Waals surface area contributed by atoms with Gasteiger partial charge in [-0.1, -0.05) is 17.3 Å². The Bertz CT molecular complexity index is 1450. The van der Waals surface area contributed by atoms with Crippen LogP contribution in [0.25, 0.3) is 16.8 Å². The molecule has 1 aromatic carbocycles. The third-order valence-corrected chi connectivity index (χ3v) is 6.18. The number of rotatable bonds is 5. The van der Waals surface area contributed by atoms with Gasteiger partial charge in [0.2, 0.25) is 5.95 Å². The topological polar surface area (TPSA) is 88.5 Å². The number of halogens is 1. The Morgan fingerprint density at radius 1 is 0.914 bits per heavy atom. The normalized spacial score (nSPS) is 14.1. The zero-order valence-electron chi connectivity index (χ0n) is 19.2. The first kappa shape index (κ1) is 21.2. The van der Waals surface area contributed by atoms with Gasteiger partial charge in [0.1, 0.15) is 29.1 Å². The lowest BCUT2D eigenvalue weighted by atomic mass is 10.1. The van der Waals surface area contributed by atoms with Crippen LogP contribution in [-0.4, -0.2) is 55.9 Å². The summed E-state index contributed by atoms with van der Waals surface area (Å²) in [7, 11) is 0. The minimum absolute atomic E-state index is 0.232. The van der Waals surface area contributed by atoms with E-state index in [1.165, 1.54) is 12.1 Å². The van der Waals surface area contributed by atoms with Gasteiger partial charge in [0.05, 0.1) is 0 Å². The van der Waals surface area contributed by atoms with Crippen molar-refractivity contribution < 1.29 is 8.91 Å². The fourth-order valence-electron chi connectivity index (χ4n) is 4.36. The third-order valence-electron chi connectivity index (χ3n) is 6.18. The second-order valence-corrected chi connectivity index (χ2v) is 8.63. The summed E-state index contributed by atoms with van der Waals surface area (Å²) in [5, 5.41) is 8.48. The van der Waals surface area contributed by atoms with Gasteiger partial charge in [0.25, 0.3) is 0 Å². The predicted molar refractivity (Wildman–Crippen MR) is 129 cm³/mol. The molecule has 0 saturated carbocycles. The lowest BCUT2D eigenvalue weighted by molar-refractivity contribution is 0.399. The standard InChI is InChI=1S/C25H23FN8O/c1-17-10-22(31-35-17)20-12-23-24(29-16-30-34(23)15-20)32-6-8-33(9-7-32)25-27-13-19(14-28-25)11-18-2-4-21(26)5-3-18/h2-5,10,12-16H,6-9,11H2,1H3. The zero-order chi connectivity index (χ0) is 23.8. The van der Waals surface area contributed by atoms with Gasteiger partial charge < -0.3 is 14.3 Å². The molecule has 9 nitrogen and oxygen atoms in total. The van der Waals surface area contributed by atoms with E-state index in [0.29, 0.717) is 12.4 Å². The molecule has 4 aromatic heterocycles. The summed E-state index contributed by atoms with van der Waals surface area (Å²) >= 11 is 0. The number of nitrogens with zero attached hydrogens (tertiary/aromatic N) is 8. The number of fused-ring (bicyclic) bond motifs is 1. The Labute approximate surface area is 200 Å². The molecule has 176 valence electrons. The molecule has 0 unspecified atom stereocenters. The maximum absolute atomic E-state index is 13.1. The van der Waals surface area contributed by atoms with Crippen LogP contribution in [0.2, 0.25) is 0 Å². The van der Waals surface area contributed by atoms with Gasteiger partial charge in [-0.2, -0.15) is 5.10 Å². The van der Waals surface area contributed by atoms with E-state index >= 15 is 0 Å². The average Bonchev–Trinajstić information content (AvgIpc) is 3.52. The van der Waals surface area contributed by atoms with Crippen molar-refractivity contribution in [2.75, 3.05) is 36.0 Å². The van der Waals surface area contributed by atoms with E-state index in [4.69, 9.17) is 4.52 Å². The van der Waals surface area contributed by atoms with Crippen molar-refractivity contribution in [2.24, 2.45) is 0 Å². The van der Waals surface area contributed by atoms with E-state index in [1.54, 1.807) is 18.5 Å². The summed E-state index contributed by atoms with van der Waals surface area (Å²) in [4.78, 5) is 18.2. The Kier molecular flexibility index (Phi) is 5.32. The Morgan fingerprint density at radius 3 is 2.37 bits per heavy atom. The maximum atomic E-state index is 13.1. The van der Waals surface area contributed by atoms with E-state index in [1.807, 2.05) is 42.2 Å². The van der Waals surface area contributed by atoms with E-state index in [0.717, 1.165) is 65.7 Å². The molecule has 1 aliphatic heterocycles. The number of benzene rings is 1. The molecule has 6 rings (SSSR count). The minimum atomic E-state index is -0.232. The van der Waals surface area contributed by atoms with Crippen molar-refractivity contribution in [3.8, 4) is 11.3 Å². The van der Waals surface area contributed by atoms with Crippen LogP contribution in [-0.2, 0) is 6.42 Å². The summed E-state index contributed by atoms with van der Waals surface area (Å²) in [5.41, 5.74) is 4.67. The lowest BCUT2D eigenvalue weighted by Crippen LogP contribution is -2.47. The van der Waals surface area contributed by atoms with Gasteiger partial charge in [0.15, 0.2) is 5.82 Å². The van der Waals surface area contributed by atoms with Crippen LogP contribution < -0.4 is 9.80 Å².